The summed E-state index contributed by atoms with van der Waals surface area (Å²) in [7, 11) is 0. The van der Waals surface area contributed by atoms with Crippen LogP contribution >= 0.6 is 11.3 Å². The Bertz CT molecular complexity index is 836. The normalized spacial score (nSPS) is 13.1. The van der Waals surface area contributed by atoms with Crippen molar-refractivity contribution in [1.82, 2.24) is 5.32 Å². The van der Waals surface area contributed by atoms with Gasteiger partial charge in [-0.1, -0.05) is 42.5 Å². The first kappa shape index (κ1) is 20.4. The van der Waals surface area contributed by atoms with Crippen LogP contribution in [0.4, 0.5) is 0 Å². The lowest BCUT2D eigenvalue weighted by atomic mass is 10.0. The van der Waals surface area contributed by atoms with E-state index in [9.17, 15) is 5.11 Å². The van der Waals surface area contributed by atoms with E-state index in [1.165, 1.54) is 4.88 Å². The molecule has 3 aromatic rings. The molecule has 28 heavy (non-hydrogen) atoms. The van der Waals surface area contributed by atoms with Crippen molar-refractivity contribution in [3.8, 4) is 11.5 Å². The van der Waals surface area contributed by atoms with E-state index in [1.807, 2.05) is 73.8 Å². The summed E-state index contributed by atoms with van der Waals surface area (Å²) in [6.45, 7) is 5.70. The van der Waals surface area contributed by atoms with E-state index in [0.717, 1.165) is 22.6 Å². The lowest BCUT2D eigenvalue weighted by Gasteiger charge is -2.21. The van der Waals surface area contributed by atoms with Crippen LogP contribution in [0.5, 0.6) is 11.5 Å². The van der Waals surface area contributed by atoms with Gasteiger partial charge in [0.1, 0.15) is 6.61 Å². The van der Waals surface area contributed by atoms with E-state index in [-0.39, 0.29) is 6.04 Å². The second-order valence-corrected chi connectivity index (χ2v) is 7.64. The number of benzene rings is 2. The molecule has 0 aliphatic rings. The van der Waals surface area contributed by atoms with Crippen LogP contribution in [0.1, 0.15) is 36.0 Å². The van der Waals surface area contributed by atoms with Crippen LogP contribution < -0.4 is 14.8 Å². The molecule has 5 heteroatoms. The van der Waals surface area contributed by atoms with Crippen molar-refractivity contribution in [2.24, 2.45) is 0 Å². The Morgan fingerprint density at radius 3 is 2.54 bits per heavy atom. The van der Waals surface area contributed by atoms with Crippen molar-refractivity contribution < 1.29 is 14.6 Å². The molecule has 0 saturated carbocycles. The maximum Gasteiger partial charge on any atom is 0.161 e. The highest BCUT2D eigenvalue weighted by atomic mass is 32.1. The minimum atomic E-state index is -0.555. The number of hydrogen-bond acceptors (Lipinski definition) is 5. The molecule has 0 unspecified atom stereocenters. The fraction of sp³-hybridized carbons (Fsp3) is 0.304. The minimum Gasteiger partial charge on any atom is -0.490 e. The van der Waals surface area contributed by atoms with Crippen molar-refractivity contribution >= 4 is 11.3 Å². The Morgan fingerprint density at radius 2 is 1.82 bits per heavy atom. The summed E-state index contributed by atoms with van der Waals surface area (Å²) in [5.74, 6) is 1.49. The standard InChI is InChI=1S/C23H27NO3S/c1-3-26-22-14-18(11-12-21(22)27-16-20-10-7-13-28-20)15-24-17(2)23(25)19-8-5-4-6-9-19/h4-14,17,23-25H,3,15-16H2,1-2H3/t17-,23-/m1/s1. The third-order valence-corrected chi connectivity index (χ3v) is 5.35. The minimum absolute atomic E-state index is 0.0762. The van der Waals surface area contributed by atoms with Crippen LogP contribution in [0.25, 0.3) is 0 Å². The number of thiophene rings is 1. The predicted octanol–water partition coefficient (Wildman–Crippen LogP) is 4.94. The molecule has 1 heterocycles. The maximum atomic E-state index is 10.5. The fourth-order valence-electron chi connectivity index (χ4n) is 2.92. The largest absolute Gasteiger partial charge is 0.490 e. The average molecular weight is 398 g/mol. The Labute approximate surface area is 170 Å². The number of nitrogens with one attached hydrogen (secondary N) is 1. The molecule has 0 bridgehead atoms. The average Bonchev–Trinajstić information content (AvgIpc) is 3.25. The molecule has 0 fully saturated rings. The predicted molar refractivity (Wildman–Crippen MR) is 114 cm³/mol. The number of aliphatic hydroxyl groups excluding tert-OH is 1. The molecular weight excluding hydrogens is 370 g/mol. The van der Waals surface area contributed by atoms with Gasteiger partial charge in [-0.2, -0.15) is 0 Å². The van der Waals surface area contributed by atoms with Gasteiger partial charge in [0.05, 0.1) is 12.7 Å². The molecule has 0 amide bonds. The molecule has 0 radical (unpaired) electrons. The van der Waals surface area contributed by atoms with Gasteiger partial charge in [0.2, 0.25) is 0 Å². The van der Waals surface area contributed by atoms with Crippen LogP contribution in [0, 0.1) is 0 Å². The molecule has 2 atom stereocenters. The van der Waals surface area contributed by atoms with Crippen molar-refractivity contribution in [3.63, 3.8) is 0 Å². The summed E-state index contributed by atoms with van der Waals surface area (Å²) in [6, 6.07) is 19.7. The van der Waals surface area contributed by atoms with Gasteiger partial charge in [0, 0.05) is 17.5 Å². The molecule has 0 saturated heterocycles. The SMILES string of the molecule is CCOc1cc(CN[C@H](C)[C@@H](O)c2ccccc2)ccc1OCc1cccs1. The Morgan fingerprint density at radius 1 is 1.00 bits per heavy atom. The van der Waals surface area contributed by atoms with E-state index >= 15 is 0 Å². The molecule has 0 aliphatic carbocycles. The highest BCUT2D eigenvalue weighted by Crippen LogP contribution is 2.30. The maximum absolute atomic E-state index is 10.5. The van der Waals surface area contributed by atoms with E-state index < -0.39 is 6.10 Å². The molecule has 2 N–H and O–H groups in total. The van der Waals surface area contributed by atoms with E-state index in [0.29, 0.717) is 19.8 Å². The van der Waals surface area contributed by atoms with Crippen LogP contribution in [-0.4, -0.2) is 17.8 Å². The smallest absolute Gasteiger partial charge is 0.161 e. The Kier molecular flexibility index (Phi) is 7.48. The van der Waals surface area contributed by atoms with Crippen molar-refractivity contribution in [2.75, 3.05) is 6.61 Å². The molecule has 148 valence electrons. The van der Waals surface area contributed by atoms with Crippen molar-refractivity contribution in [3.05, 3.63) is 82.0 Å². The molecule has 3 rings (SSSR count). The van der Waals surface area contributed by atoms with Crippen LogP contribution in [0.2, 0.25) is 0 Å². The lowest BCUT2D eigenvalue weighted by molar-refractivity contribution is 0.135. The third-order valence-electron chi connectivity index (χ3n) is 4.50. The second-order valence-electron chi connectivity index (χ2n) is 6.61. The van der Waals surface area contributed by atoms with Gasteiger partial charge in [-0.05, 0) is 48.6 Å². The van der Waals surface area contributed by atoms with Gasteiger partial charge in [0.25, 0.3) is 0 Å². The quantitative estimate of drug-likeness (QED) is 0.509. The van der Waals surface area contributed by atoms with Crippen LogP contribution in [-0.2, 0) is 13.2 Å². The topological polar surface area (TPSA) is 50.7 Å². The highest BCUT2D eigenvalue weighted by molar-refractivity contribution is 7.09. The summed E-state index contributed by atoms with van der Waals surface area (Å²) >= 11 is 1.68. The summed E-state index contributed by atoms with van der Waals surface area (Å²) < 4.78 is 11.7. The monoisotopic (exact) mass is 397 g/mol. The summed E-state index contributed by atoms with van der Waals surface area (Å²) in [6.07, 6.45) is -0.555. The van der Waals surface area contributed by atoms with Gasteiger partial charge < -0.3 is 19.9 Å². The number of ether oxygens (including phenoxy) is 2. The highest BCUT2D eigenvalue weighted by Gasteiger charge is 2.16. The third kappa shape index (κ3) is 5.58. The van der Waals surface area contributed by atoms with Gasteiger partial charge in [-0.3, -0.25) is 0 Å². The second kappa shape index (κ2) is 10.3. The first-order valence-electron chi connectivity index (χ1n) is 9.54. The first-order chi connectivity index (χ1) is 13.7. The van der Waals surface area contributed by atoms with Gasteiger partial charge in [-0.25, -0.2) is 0 Å². The summed E-state index contributed by atoms with van der Waals surface area (Å²) in [5, 5.41) is 15.9. The summed E-state index contributed by atoms with van der Waals surface area (Å²) in [5.41, 5.74) is 1.99. The molecule has 4 nitrogen and oxygen atoms in total. The van der Waals surface area contributed by atoms with Gasteiger partial charge in [-0.15, -0.1) is 11.3 Å². The first-order valence-corrected chi connectivity index (χ1v) is 10.4. The zero-order valence-electron chi connectivity index (χ0n) is 16.3. The molecule has 2 aromatic carbocycles. The van der Waals surface area contributed by atoms with Crippen LogP contribution in [0.15, 0.2) is 66.0 Å². The van der Waals surface area contributed by atoms with E-state index in [2.05, 4.69) is 11.4 Å². The Hall–Kier alpha value is -2.34. The fourth-order valence-corrected chi connectivity index (χ4v) is 3.54. The number of hydrogen-bond donors (Lipinski definition) is 2. The van der Waals surface area contributed by atoms with E-state index in [1.54, 1.807) is 11.3 Å². The Balaban J connectivity index is 1.61. The van der Waals surface area contributed by atoms with Crippen LogP contribution in [0.3, 0.4) is 0 Å². The van der Waals surface area contributed by atoms with Crippen molar-refractivity contribution in [1.29, 1.82) is 0 Å². The summed E-state index contributed by atoms with van der Waals surface area (Å²) in [4.78, 5) is 1.18. The van der Waals surface area contributed by atoms with Gasteiger partial charge >= 0.3 is 0 Å². The van der Waals surface area contributed by atoms with Crippen molar-refractivity contribution in [2.45, 2.75) is 39.1 Å². The molecular formula is C23H27NO3S. The van der Waals surface area contributed by atoms with E-state index in [4.69, 9.17) is 9.47 Å². The van der Waals surface area contributed by atoms with Gasteiger partial charge in [0.15, 0.2) is 11.5 Å². The zero-order chi connectivity index (χ0) is 19.8. The molecule has 0 aliphatic heterocycles. The number of aliphatic hydroxyl groups is 1. The molecule has 0 spiro atoms. The lowest BCUT2D eigenvalue weighted by Crippen LogP contribution is -2.31. The number of rotatable bonds is 10. The molecule has 1 aromatic heterocycles. The zero-order valence-corrected chi connectivity index (χ0v) is 17.1.